The minimum absolute atomic E-state index is 0.0892. The fraction of sp³-hybridized carbons (Fsp3) is 0.130. The van der Waals surface area contributed by atoms with Crippen LogP contribution in [-0.2, 0) is 27.5 Å². The highest BCUT2D eigenvalue weighted by Crippen LogP contribution is 2.38. The predicted octanol–water partition coefficient (Wildman–Crippen LogP) is 5.78. The number of halogens is 6. The number of carbonyl (C=O) groups excluding carboxylic acids is 1. The van der Waals surface area contributed by atoms with Crippen molar-refractivity contribution in [2.45, 2.75) is 27.9 Å². The first-order chi connectivity index (χ1) is 17.2. The third-order valence-corrected chi connectivity index (χ3v) is 6.63. The summed E-state index contributed by atoms with van der Waals surface area (Å²) >= 11 is -0.350. The molecular formula is C23H16F6N2O4S2. The van der Waals surface area contributed by atoms with E-state index < -0.39 is 44.6 Å². The van der Waals surface area contributed by atoms with Gasteiger partial charge in [-0.25, -0.2) is 5.43 Å². The molecule has 0 heterocycles. The highest BCUT2D eigenvalue weighted by molar-refractivity contribution is 8.00. The first-order valence-electron chi connectivity index (χ1n) is 10.1. The number of carbonyl (C=O) groups is 1. The number of amides is 1. The van der Waals surface area contributed by atoms with Gasteiger partial charge in [-0.3, -0.25) is 4.79 Å². The summed E-state index contributed by atoms with van der Waals surface area (Å²) in [4.78, 5) is 11.5. The summed E-state index contributed by atoms with van der Waals surface area (Å²) < 4.78 is 106. The van der Waals surface area contributed by atoms with E-state index in [4.69, 9.17) is 4.18 Å². The lowest BCUT2D eigenvalue weighted by molar-refractivity contribution is -0.137. The van der Waals surface area contributed by atoms with Gasteiger partial charge >= 0.3 is 21.8 Å². The first kappa shape index (κ1) is 28.1. The first-order valence-corrected chi connectivity index (χ1v) is 12.3. The lowest BCUT2D eigenvalue weighted by Crippen LogP contribution is -2.20. The van der Waals surface area contributed by atoms with E-state index in [-0.39, 0.29) is 33.5 Å². The van der Waals surface area contributed by atoms with Crippen LogP contribution in [0.2, 0.25) is 0 Å². The Kier molecular flexibility index (Phi) is 8.53. The van der Waals surface area contributed by atoms with Crippen molar-refractivity contribution in [2.75, 3.05) is 0 Å². The van der Waals surface area contributed by atoms with Crippen LogP contribution in [-0.4, -0.2) is 26.0 Å². The maximum atomic E-state index is 12.7. The van der Waals surface area contributed by atoms with Gasteiger partial charge in [-0.2, -0.15) is 39.9 Å². The molecule has 0 aliphatic carbocycles. The molecule has 3 rings (SSSR count). The highest BCUT2D eigenvalue weighted by atomic mass is 32.2. The van der Waals surface area contributed by atoms with Gasteiger partial charge in [-0.15, -0.1) is 0 Å². The summed E-state index contributed by atoms with van der Waals surface area (Å²) in [6, 6.07) is 13.8. The van der Waals surface area contributed by atoms with Crippen LogP contribution < -0.4 is 9.61 Å². The van der Waals surface area contributed by atoms with Gasteiger partial charge in [0.2, 0.25) is 5.91 Å². The molecule has 1 amide bonds. The van der Waals surface area contributed by atoms with Crippen LogP contribution in [0.4, 0.5) is 26.3 Å². The van der Waals surface area contributed by atoms with Crippen LogP contribution in [0.15, 0.2) is 87.7 Å². The quantitative estimate of drug-likeness (QED) is 0.124. The summed E-state index contributed by atoms with van der Waals surface area (Å²) in [7, 11) is -4.51. The van der Waals surface area contributed by atoms with E-state index in [1.165, 1.54) is 48.5 Å². The Bertz CT molecular complexity index is 1390. The molecule has 0 aliphatic heterocycles. The monoisotopic (exact) mass is 562 g/mol. The second-order valence-corrected chi connectivity index (χ2v) is 9.88. The number of para-hydroxylation sites is 1. The number of hydrazone groups is 1. The second-order valence-electron chi connectivity index (χ2n) is 7.22. The van der Waals surface area contributed by atoms with E-state index in [0.717, 1.165) is 18.3 Å². The Morgan fingerprint density at radius 2 is 1.54 bits per heavy atom. The molecule has 0 bridgehead atoms. The summed E-state index contributed by atoms with van der Waals surface area (Å²) in [6.45, 7) is 0. The zero-order chi connectivity index (χ0) is 27.3. The number of benzene rings is 3. The highest BCUT2D eigenvalue weighted by Gasteiger charge is 2.31. The van der Waals surface area contributed by atoms with Crippen LogP contribution in [0, 0.1) is 0 Å². The Balaban J connectivity index is 1.69. The minimum atomic E-state index is -4.64. The SMILES string of the molecule is O=C(Cc1ccccc1SC(F)(F)F)NN=Cc1ccccc1OS(=O)(=O)c1ccc(C(F)(F)F)cc1. The molecule has 3 aromatic carbocycles. The molecule has 0 fully saturated rings. The van der Waals surface area contributed by atoms with Crippen LogP contribution in [0.25, 0.3) is 0 Å². The third-order valence-electron chi connectivity index (χ3n) is 4.53. The number of nitrogens with zero attached hydrogens (tertiary/aromatic N) is 1. The average molecular weight is 563 g/mol. The lowest BCUT2D eigenvalue weighted by Gasteiger charge is -2.11. The number of rotatable bonds is 8. The zero-order valence-corrected chi connectivity index (χ0v) is 20.0. The van der Waals surface area contributed by atoms with Crippen molar-refractivity contribution in [1.82, 2.24) is 5.43 Å². The van der Waals surface area contributed by atoms with Crippen LogP contribution in [0.3, 0.4) is 0 Å². The predicted molar refractivity (Wildman–Crippen MR) is 123 cm³/mol. The molecule has 196 valence electrons. The standard InChI is InChI=1S/C23H16F6N2O4S2/c24-22(25,26)17-9-11-18(12-10-17)37(33,34)35-19-7-3-1-6-16(19)14-30-31-21(32)13-15-5-2-4-8-20(15)36-23(27,28)29/h1-12,14H,13H2,(H,31,32). The van der Waals surface area contributed by atoms with Crippen molar-refractivity contribution >= 4 is 34.0 Å². The molecule has 14 heteroatoms. The van der Waals surface area contributed by atoms with Gasteiger partial charge in [-0.1, -0.05) is 30.3 Å². The van der Waals surface area contributed by atoms with Crippen molar-refractivity contribution in [1.29, 1.82) is 0 Å². The smallest absolute Gasteiger partial charge is 0.378 e. The summed E-state index contributed by atoms with van der Waals surface area (Å²) in [5.74, 6) is -0.963. The Hall–Kier alpha value is -3.52. The van der Waals surface area contributed by atoms with Crippen molar-refractivity contribution in [3.8, 4) is 5.75 Å². The molecule has 0 unspecified atom stereocenters. The number of hydrogen-bond acceptors (Lipinski definition) is 6. The minimum Gasteiger partial charge on any atom is -0.378 e. The maximum Gasteiger partial charge on any atom is 0.446 e. The normalized spacial score (nSPS) is 12.5. The molecule has 3 aromatic rings. The zero-order valence-electron chi connectivity index (χ0n) is 18.4. The summed E-state index contributed by atoms with van der Waals surface area (Å²) in [6.07, 6.45) is -4.00. The van der Waals surface area contributed by atoms with Gasteiger partial charge in [0.25, 0.3) is 0 Å². The fourth-order valence-corrected chi connectivity index (χ4v) is 4.52. The van der Waals surface area contributed by atoms with Gasteiger partial charge in [0, 0.05) is 10.5 Å². The molecule has 37 heavy (non-hydrogen) atoms. The number of nitrogens with one attached hydrogen (secondary N) is 1. The van der Waals surface area contributed by atoms with E-state index in [9.17, 15) is 39.6 Å². The third kappa shape index (κ3) is 8.25. The second kappa shape index (κ2) is 11.3. The molecule has 0 aliphatic rings. The van der Waals surface area contributed by atoms with Crippen molar-refractivity contribution < 1.29 is 43.7 Å². The Labute approximate surface area is 211 Å². The molecular weight excluding hydrogens is 546 g/mol. The van der Waals surface area contributed by atoms with Gasteiger partial charge in [0.1, 0.15) is 4.90 Å². The van der Waals surface area contributed by atoms with Crippen LogP contribution in [0.1, 0.15) is 16.7 Å². The molecule has 0 spiro atoms. The summed E-state index contributed by atoms with van der Waals surface area (Å²) in [5, 5.41) is 3.69. The average Bonchev–Trinajstić information content (AvgIpc) is 2.80. The van der Waals surface area contributed by atoms with Gasteiger partial charge in [0.05, 0.1) is 18.2 Å². The Morgan fingerprint density at radius 1 is 0.919 bits per heavy atom. The molecule has 0 saturated carbocycles. The van der Waals surface area contributed by atoms with Crippen LogP contribution in [0.5, 0.6) is 5.75 Å². The lowest BCUT2D eigenvalue weighted by atomic mass is 10.1. The molecule has 1 N–H and O–H groups in total. The summed E-state index contributed by atoms with van der Waals surface area (Å²) in [5.41, 5.74) is -3.21. The fourth-order valence-electron chi connectivity index (χ4n) is 2.90. The van der Waals surface area contributed by atoms with Crippen molar-refractivity contribution in [3.63, 3.8) is 0 Å². The largest absolute Gasteiger partial charge is 0.446 e. The maximum absolute atomic E-state index is 12.7. The molecule has 0 atom stereocenters. The van der Waals surface area contributed by atoms with Gasteiger partial charge in [0.15, 0.2) is 5.75 Å². The molecule has 0 aromatic heterocycles. The topological polar surface area (TPSA) is 84.8 Å². The van der Waals surface area contributed by atoms with Crippen molar-refractivity contribution in [2.24, 2.45) is 5.10 Å². The molecule has 0 radical (unpaired) electrons. The van der Waals surface area contributed by atoms with Crippen molar-refractivity contribution in [3.05, 3.63) is 89.5 Å². The molecule has 0 saturated heterocycles. The van der Waals surface area contributed by atoms with E-state index in [1.807, 2.05) is 0 Å². The Morgan fingerprint density at radius 3 is 2.19 bits per heavy atom. The van der Waals surface area contributed by atoms with Gasteiger partial charge in [-0.05, 0) is 59.8 Å². The van der Waals surface area contributed by atoms with Gasteiger partial charge < -0.3 is 4.18 Å². The van der Waals surface area contributed by atoms with E-state index >= 15 is 0 Å². The number of hydrogen-bond donors (Lipinski definition) is 1. The number of alkyl halides is 6. The molecule has 6 nitrogen and oxygen atoms in total. The number of thioether (sulfide) groups is 1. The van der Waals surface area contributed by atoms with E-state index in [0.29, 0.717) is 12.1 Å². The van der Waals surface area contributed by atoms with E-state index in [2.05, 4.69) is 10.5 Å². The van der Waals surface area contributed by atoms with E-state index in [1.54, 1.807) is 0 Å². The van der Waals surface area contributed by atoms with Crippen LogP contribution >= 0.6 is 11.8 Å².